The van der Waals surface area contributed by atoms with E-state index in [-0.39, 0.29) is 0 Å². The summed E-state index contributed by atoms with van der Waals surface area (Å²) in [7, 11) is 4.30. The van der Waals surface area contributed by atoms with E-state index in [4.69, 9.17) is 22.3 Å². The lowest BCUT2D eigenvalue weighted by molar-refractivity contribution is 0.195. The van der Waals surface area contributed by atoms with Gasteiger partial charge in [-0.3, -0.25) is 0 Å². The molecular weight excluding hydrogens is 458 g/mol. The number of aryl methyl sites for hydroxylation is 1. The van der Waals surface area contributed by atoms with E-state index in [9.17, 15) is 0 Å². The molecule has 3 heterocycles. The number of anilines is 4. The van der Waals surface area contributed by atoms with Gasteiger partial charge in [0.2, 0.25) is 5.95 Å². The molecule has 4 N–H and O–H groups in total. The van der Waals surface area contributed by atoms with Crippen molar-refractivity contribution in [1.29, 1.82) is 0 Å². The Hall–Kier alpha value is -3.29. The molecule has 2 atom stereocenters. The molecule has 1 saturated heterocycles. The molecular formula is C27H32ClN7. The van der Waals surface area contributed by atoms with E-state index in [1.54, 1.807) is 6.20 Å². The molecule has 1 unspecified atom stereocenters. The van der Waals surface area contributed by atoms with Gasteiger partial charge < -0.3 is 25.8 Å². The molecule has 0 bridgehead atoms. The van der Waals surface area contributed by atoms with E-state index in [2.05, 4.69) is 71.2 Å². The van der Waals surface area contributed by atoms with Crippen molar-refractivity contribution in [2.45, 2.75) is 26.3 Å². The number of aromatic nitrogens is 3. The van der Waals surface area contributed by atoms with Gasteiger partial charge >= 0.3 is 0 Å². The lowest BCUT2D eigenvalue weighted by atomic mass is 9.92. The number of nitrogen functional groups attached to an aromatic ring is 1. The Morgan fingerprint density at radius 1 is 1.23 bits per heavy atom. The number of hydrogen-bond acceptors (Lipinski definition) is 6. The molecule has 5 rings (SSSR count). The van der Waals surface area contributed by atoms with Crippen molar-refractivity contribution < 1.29 is 0 Å². The summed E-state index contributed by atoms with van der Waals surface area (Å²) in [6, 6.07) is 12.8. The Morgan fingerprint density at radius 2 is 2.06 bits per heavy atom. The Balaban J connectivity index is 1.39. The van der Waals surface area contributed by atoms with Gasteiger partial charge in [-0.1, -0.05) is 36.7 Å². The summed E-state index contributed by atoms with van der Waals surface area (Å²) in [5.74, 6) is 1.14. The zero-order valence-corrected chi connectivity index (χ0v) is 21.4. The maximum atomic E-state index is 6.51. The largest absolute Gasteiger partial charge is 0.397 e. The van der Waals surface area contributed by atoms with Crippen LogP contribution < -0.4 is 16.0 Å². The molecule has 0 spiro atoms. The van der Waals surface area contributed by atoms with Crippen LogP contribution in [-0.4, -0.2) is 53.1 Å². The van der Waals surface area contributed by atoms with Crippen molar-refractivity contribution in [2.24, 2.45) is 5.92 Å². The van der Waals surface area contributed by atoms with E-state index < -0.39 is 0 Å². The monoisotopic (exact) mass is 489 g/mol. The Bertz CT molecular complexity index is 1360. The second-order valence-electron chi connectivity index (χ2n) is 9.73. The molecule has 1 fully saturated rings. The number of rotatable bonds is 5. The van der Waals surface area contributed by atoms with Gasteiger partial charge in [-0.2, -0.15) is 0 Å². The zero-order chi connectivity index (χ0) is 24.7. The number of piperidine rings is 1. The van der Waals surface area contributed by atoms with Crippen LogP contribution in [0.3, 0.4) is 0 Å². The molecule has 8 heteroatoms. The third-order valence-electron chi connectivity index (χ3n) is 7.13. The highest BCUT2D eigenvalue weighted by atomic mass is 35.5. The highest BCUT2D eigenvalue weighted by molar-refractivity contribution is 6.33. The van der Waals surface area contributed by atoms with Crippen LogP contribution in [-0.2, 0) is 0 Å². The summed E-state index contributed by atoms with van der Waals surface area (Å²) >= 11 is 6.51. The molecule has 1 aliphatic heterocycles. The second kappa shape index (κ2) is 9.40. The fraction of sp³-hybridized carbons (Fsp3) is 0.333. The van der Waals surface area contributed by atoms with Crippen LogP contribution >= 0.6 is 11.6 Å². The summed E-state index contributed by atoms with van der Waals surface area (Å²) in [4.78, 5) is 17.2. The first-order chi connectivity index (χ1) is 16.8. The van der Waals surface area contributed by atoms with Crippen LogP contribution in [0.5, 0.6) is 0 Å². The number of nitrogens with two attached hydrogens (primary N) is 1. The number of benzene rings is 2. The maximum absolute atomic E-state index is 6.51. The molecule has 2 aromatic carbocycles. The predicted molar refractivity (Wildman–Crippen MR) is 147 cm³/mol. The number of nitrogens with one attached hydrogen (secondary N) is 2. The number of nitrogens with zero attached hydrogens (tertiary/aromatic N) is 4. The highest BCUT2D eigenvalue weighted by Crippen LogP contribution is 2.35. The number of fused-ring (bicyclic) bond motifs is 1. The number of H-pyrrole nitrogens is 1. The fourth-order valence-electron chi connectivity index (χ4n) is 5.11. The van der Waals surface area contributed by atoms with Crippen molar-refractivity contribution >= 4 is 45.5 Å². The van der Waals surface area contributed by atoms with Gasteiger partial charge in [0.1, 0.15) is 0 Å². The van der Waals surface area contributed by atoms with E-state index in [1.165, 1.54) is 5.56 Å². The van der Waals surface area contributed by atoms with Gasteiger partial charge in [0.05, 0.1) is 28.3 Å². The minimum absolute atomic E-state index is 0.470. The summed E-state index contributed by atoms with van der Waals surface area (Å²) in [6.07, 6.45) is 4.73. The van der Waals surface area contributed by atoms with E-state index >= 15 is 0 Å². The SMILES string of the molecule is Cc1cccc2c(-c3nc(Nc4ccc(N5CCC(C)[C@H](N(C)C)C5)c(N)c4)ncc3Cl)c[nH]c12. The Morgan fingerprint density at radius 3 is 2.83 bits per heavy atom. The first-order valence-corrected chi connectivity index (χ1v) is 12.4. The fourth-order valence-corrected chi connectivity index (χ4v) is 5.30. The van der Waals surface area contributed by atoms with Crippen LogP contribution in [0.1, 0.15) is 18.9 Å². The molecule has 182 valence electrons. The zero-order valence-electron chi connectivity index (χ0n) is 20.6. The second-order valence-corrected chi connectivity index (χ2v) is 10.1. The molecule has 35 heavy (non-hydrogen) atoms. The number of para-hydroxylation sites is 1. The molecule has 1 aliphatic rings. The number of hydrogen-bond donors (Lipinski definition) is 3. The van der Waals surface area contributed by atoms with Crippen molar-refractivity contribution in [1.82, 2.24) is 19.9 Å². The van der Waals surface area contributed by atoms with E-state index in [0.717, 1.165) is 53.0 Å². The van der Waals surface area contributed by atoms with E-state index in [1.807, 2.05) is 24.4 Å². The molecule has 0 saturated carbocycles. The van der Waals surface area contributed by atoms with Crippen molar-refractivity contribution in [3.63, 3.8) is 0 Å². The van der Waals surface area contributed by atoms with Crippen LogP contribution in [0.4, 0.5) is 23.0 Å². The lowest BCUT2D eigenvalue weighted by Crippen LogP contribution is -2.49. The van der Waals surface area contributed by atoms with Gasteiger partial charge in [0.25, 0.3) is 0 Å². The van der Waals surface area contributed by atoms with Gasteiger partial charge in [0.15, 0.2) is 0 Å². The average Bonchev–Trinajstić information content (AvgIpc) is 3.26. The third-order valence-corrected chi connectivity index (χ3v) is 7.41. The number of likely N-dealkylation sites (N-methyl/N-ethyl adjacent to an activating group) is 1. The average molecular weight is 490 g/mol. The van der Waals surface area contributed by atoms with Crippen molar-refractivity contribution in [3.05, 3.63) is 59.4 Å². The summed E-state index contributed by atoms with van der Waals surface area (Å²) in [5, 5.41) is 4.88. The molecule has 0 radical (unpaired) electrons. The van der Waals surface area contributed by atoms with Crippen LogP contribution in [0.25, 0.3) is 22.2 Å². The normalized spacial score (nSPS) is 18.4. The lowest BCUT2D eigenvalue weighted by Gasteiger charge is -2.41. The number of halogens is 1. The molecule has 2 aromatic heterocycles. The topological polar surface area (TPSA) is 86.1 Å². The quantitative estimate of drug-likeness (QED) is 0.312. The minimum atomic E-state index is 0.470. The van der Waals surface area contributed by atoms with Crippen LogP contribution in [0.15, 0.2) is 48.8 Å². The summed E-state index contributed by atoms with van der Waals surface area (Å²) in [5.41, 5.74) is 13.0. The van der Waals surface area contributed by atoms with Gasteiger partial charge in [0, 0.05) is 47.5 Å². The van der Waals surface area contributed by atoms with Gasteiger partial charge in [-0.25, -0.2) is 9.97 Å². The maximum Gasteiger partial charge on any atom is 0.227 e. The van der Waals surface area contributed by atoms with E-state index in [0.29, 0.717) is 28.6 Å². The molecule has 0 aliphatic carbocycles. The van der Waals surface area contributed by atoms with Crippen LogP contribution in [0.2, 0.25) is 5.02 Å². The molecule has 7 nitrogen and oxygen atoms in total. The first-order valence-electron chi connectivity index (χ1n) is 12.0. The summed E-state index contributed by atoms with van der Waals surface area (Å²) in [6.45, 7) is 6.39. The Labute approximate surface area is 211 Å². The third kappa shape index (κ3) is 4.54. The molecule has 0 amide bonds. The first kappa shape index (κ1) is 23.5. The van der Waals surface area contributed by atoms with Crippen molar-refractivity contribution in [2.75, 3.05) is 43.1 Å². The van der Waals surface area contributed by atoms with Gasteiger partial charge in [-0.05, 0) is 57.1 Å². The summed E-state index contributed by atoms with van der Waals surface area (Å²) < 4.78 is 0. The van der Waals surface area contributed by atoms with Crippen molar-refractivity contribution in [3.8, 4) is 11.3 Å². The standard InChI is InChI=1S/C27H32ClN7/c1-16-10-11-35(15-24(16)34(3)4)23-9-8-18(12-22(23)29)32-27-31-14-21(28)26(33-27)20-13-30-25-17(2)6-5-7-19(20)25/h5-9,12-14,16,24,30H,10-11,15,29H2,1-4H3,(H,31,32,33)/t16?,24-/m1/s1. The van der Waals surface area contributed by atoms with Gasteiger partial charge in [-0.15, -0.1) is 0 Å². The molecule has 4 aromatic rings. The minimum Gasteiger partial charge on any atom is -0.397 e. The van der Waals surface area contributed by atoms with Crippen LogP contribution in [0, 0.1) is 12.8 Å². The highest BCUT2D eigenvalue weighted by Gasteiger charge is 2.28. The number of aromatic amines is 1. The smallest absolute Gasteiger partial charge is 0.227 e. The Kier molecular flexibility index (Phi) is 6.30. The predicted octanol–water partition coefficient (Wildman–Crippen LogP) is 5.69.